The number of benzene rings is 1. The zero-order chi connectivity index (χ0) is 24.4. The van der Waals surface area contributed by atoms with Gasteiger partial charge in [-0.25, -0.2) is 14.2 Å². The number of ether oxygens (including phenoxy) is 2. The van der Waals surface area contributed by atoms with E-state index in [0.717, 1.165) is 6.07 Å². The van der Waals surface area contributed by atoms with Crippen LogP contribution < -0.4 is 10.8 Å². The highest BCUT2D eigenvalue weighted by molar-refractivity contribution is 6.58. The molecule has 2 aromatic heterocycles. The normalized spacial score (nSPS) is 15.9. The summed E-state index contributed by atoms with van der Waals surface area (Å²) in [5, 5.41) is 21.5. The number of aromatic nitrogens is 2. The van der Waals surface area contributed by atoms with Crippen molar-refractivity contribution in [3.8, 4) is 11.3 Å². The van der Waals surface area contributed by atoms with E-state index in [4.69, 9.17) is 9.47 Å². The van der Waals surface area contributed by atoms with Gasteiger partial charge in [-0.3, -0.25) is 4.79 Å². The minimum Gasteiger partial charge on any atom is -0.453 e. The highest BCUT2D eigenvalue weighted by Gasteiger charge is 2.28. The van der Waals surface area contributed by atoms with Gasteiger partial charge in [-0.05, 0) is 35.8 Å². The molecule has 0 unspecified atom stereocenters. The third-order valence-electron chi connectivity index (χ3n) is 5.75. The highest BCUT2D eigenvalue weighted by atomic mass is 19.1. The molecule has 1 atom stereocenters. The maximum Gasteiger partial charge on any atom is 0.488 e. The summed E-state index contributed by atoms with van der Waals surface area (Å²) in [6, 6.07) is 7.15. The minimum absolute atomic E-state index is 0.170. The van der Waals surface area contributed by atoms with Gasteiger partial charge in [-0.15, -0.1) is 0 Å². The molecule has 0 spiro atoms. The number of nitrogens with one attached hydrogen (secondary N) is 1. The predicted octanol–water partition coefficient (Wildman–Crippen LogP) is 0.189. The Kier molecular flexibility index (Phi) is 6.82. The number of amides is 2. The second kappa shape index (κ2) is 9.79. The molecular formula is C22H24BFN4O6. The van der Waals surface area contributed by atoms with Crippen LogP contribution in [0.1, 0.15) is 16.1 Å². The summed E-state index contributed by atoms with van der Waals surface area (Å²) in [6.07, 6.45) is 1.06. The monoisotopic (exact) mass is 470 g/mol. The van der Waals surface area contributed by atoms with Crippen LogP contribution >= 0.6 is 0 Å². The van der Waals surface area contributed by atoms with Gasteiger partial charge in [-0.2, -0.15) is 0 Å². The summed E-state index contributed by atoms with van der Waals surface area (Å²) < 4.78 is 27.5. The highest BCUT2D eigenvalue weighted by Crippen LogP contribution is 2.29. The van der Waals surface area contributed by atoms with Gasteiger partial charge in [0.2, 0.25) is 0 Å². The Labute approximate surface area is 195 Å². The molecule has 3 heterocycles. The third kappa shape index (κ3) is 4.60. The summed E-state index contributed by atoms with van der Waals surface area (Å²) in [5.74, 6) is -1.05. The number of pyridine rings is 1. The largest absolute Gasteiger partial charge is 0.488 e. The molecule has 0 bridgehead atoms. The van der Waals surface area contributed by atoms with Crippen molar-refractivity contribution in [2.45, 2.75) is 12.5 Å². The SMILES string of the molecule is CNC(=O)c1ccc(-c2nc3cc(B(O)O)ccn3c2C[C@H]2CN(C(=O)OC)CCO2)c(F)c1. The summed E-state index contributed by atoms with van der Waals surface area (Å²) >= 11 is 0. The molecule has 1 fully saturated rings. The van der Waals surface area contributed by atoms with Crippen molar-refractivity contribution < 1.29 is 33.5 Å². The van der Waals surface area contributed by atoms with Gasteiger partial charge in [0, 0.05) is 37.3 Å². The van der Waals surface area contributed by atoms with E-state index in [1.807, 2.05) is 0 Å². The summed E-state index contributed by atoms with van der Waals surface area (Å²) in [4.78, 5) is 30.0. The molecule has 0 saturated carbocycles. The van der Waals surface area contributed by atoms with Gasteiger partial charge in [0.15, 0.2) is 0 Å². The lowest BCUT2D eigenvalue weighted by Crippen LogP contribution is -2.46. The minimum atomic E-state index is -1.69. The molecule has 178 valence electrons. The number of fused-ring (bicyclic) bond motifs is 1. The van der Waals surface area contributed by atoms with Gasteiger partial charge in [0.25, 0.3) is 5.91 Å². The Balaban J connectivity index is 1.77. The van der Waals surface area contributed by atoms with Crippen molar-refractivity contribution in [2.24, 2.45) is 0 Å². The van der Waals surface area contributed by atoms with Gasteiger partial charge < -0.3 is 34.1 Å². The zero-order valence-electron chi connectivity index (χ0n) is 18.7. The van der Waals surface area contributed by atoms with Crippen molar-refractivity contribution in [3.05, 3.63) is 53.6 Å². The number of carbonyl (C=O) groups excluding carboxylic acids is 2. The van der Waals surface area contributed by atoms with Crippen molar-refractivity contribution in [2.75, 3.05) is 33.9 Å². The number of halogens is 1. The second-order valence-corrected chi connectivity index (χ2v) is 7.86. The van der Waals surface area contributed by atoms with Crippen LogP contribution in [-0.2, 0) is 15.9 Å². The standard InChI is InChI=1S/C22H24BFN4O6/c1-25-21(29)13-3-4-16(17(24)9-13)20-18(11-15-12-27(7-8-34-15)22(30)33-2)28-6-5-14(23(31)32)10-19(28)26-20/h3-6,9-10,15,31-32H,7-8,11-12H2,1-2H3,(H,25,29)/t15-/m0/s1. The van der Waals surface area contributed by atoms with Gasteiger partial charge in [-0.1, -0.05) is 0 Å². The van der Waals surface area contributed by atoms with E-state index in [2.05, 4.69) is 10.3 Å². The number of hydrogen-bond acceptors (Lipinski definition) is 7. The first-order valence-corrected chi connectivity index (χ1v) is 10.7. The maximum atomic E-state index is 15.1. The Bertz CT molecular complexity index is 1230. The first kappa shape index (κ1) is 23.7. The molecule has 1 aromatic carbocycles. The second-order valence-electron chi connectivity index (χ2n) is 7.86. The van der Waals surface area contributed by atoms with E-state index < -0.39 is 31.0 Å². The molecule has 0 radical (unpaired) electrons. The van der Waals surface area contributed by atoms with Crippen LogP contribution in [0.4, 0.5) is 9.18 Å². The fourth-order valence-corrected chi connectivity index (χ4v) is 4.03. The van der Waals surface area contributed by atoms with Crippen molar-refractivity contribution in [1.82, 2.24) is 19.6 Å². The zero-order valence-corrected chi connectivity index (χ0v) is 18.7. The van der Waals surface area contributed by atoms with Crippen molar-refractivity contribution in [3.63, 3.8) is 0 Å². The number of nitrogens with zero attached hydrogens (tertiary/aromatic N) is 3. The molecule has 34 heavy (non-hydrogen) atoms. The van der Waals surface area contributed by atoms with E-state index in [9.17, 15) is 19.6 Å². The predicted molar refractivity (Wildman–Crippen MR) is 121 cm³/mol. The maximum absolute atomic E-state index is 15.1. The lowest BCUT2D eigenvalue weighted by atomic mass is 9.81. The molecular weight excluding hydrogens is 446 g/mol. The van der Waals surface area contributed by atoms with Crippen LogP contribution in [0.15, 0.2) is 36.5 Å². The summed E-state index contributed by atoms with van der Waals surface area (Å²) in [6.45, 7) is 1.00. The van der Waals surface area contributed by atoms with Crippen LogP contribution in [0, 0.1) is 5.82 Å². The van der Waals surface area contributed by atoms with E-state index in [1.54, 1.807) is 10.6 Å². The van der Waals surface area contributed by atoms with Gasteiger partial charge in [0.1, 0.15) is 11.5 Å². The van der Waals surface area contributed by atoms with E-state index >= 15 is 4.39 Å². The molecule has 1 aliphatic rings. The van der Waals surface area contributed by atoms with Gasteiger partial charge >= 0.3 is 13.2 Å². The quantitative estimate of drug-likeness (QED) is 0.455. The van der Waals surface area contributed by atoms with Crippen LogP contribution in [-0.4, -0.2) is 83.4 Å². The fourth-order valence-electron chi connectivity index (χ4n) is 4.03. The van der Waals surface area contributed by atoms with Crippen LogP contribution in [0.5, 0.6) is 0 Å². The number of methoxy groups -OCH3 is 1. The number of carbonyl (C=O) groups is 2. The number of hydrogen-bond donors (Lipinski definition) is 3. The molecule has 4 rings (SSSR count). The first-order chi connectivity index (χ1) is 16.3. The number of morpholine rings is 1. The smallest absolute Gasteiger partial charge is 0.453 e. The Morgan fingerprint density at radius 2 is 2.12 bits per heavy atom. The Hall–Kier alpha value is -3.48. The van der Waals surface area contributed by atoms with Crippen molar-refractivity contribution in [1.29, 1.82) is 0 Å². The van der Waals surface area contributed by atoms with Crippen LogP contribution in [0.2, 0.25) is 0 Å². The number of rotatable bonds is 5. The van der Waals surface area contributed by atoms with Crippen LogP contribution in [0.25, 0.3) is 16.9 Å². The van der Waals surface area contributed by atoms with E-state index in [1.165, 1.54) is 43.3 Å². The molecule has 3 aromatic rings. The lowest BCUT2D eigenvalue weighted by molar-refractivity contribution is -0.0241. The Morgan fingerprint density at radius 1 is 1.32 bits per heavy atom. The molecule has 12 heteroatoms. The molecule has 1 aliphatic heterocycles. The topological polar surface area (TPSA) is 126 Å². The molecule has 1 saturated heterocycles. The summed E-state index contributed by atoms with van der Waals surface area (Å²) in [7, 11) is 1.09. The third-order valence-corrected chi connectivity index (χ3v) is 5.75. The molecule has 10 nitrogen and oxygen atoms in total. The average Bonchev–Trinajstić information content (AvgIpc) is 3.20. The molecule has 3 N–H and O–H groups in total. The van der Waals surface area contributed by atoms with E-state index in [0.29, 0.717) is 36.6 Å². The Morgan fingerprint density at radius 3 is 2.79 bits per heavy atom. The van der Waals surface area contributed by atoms with Gasteiger partial charge in [0.05, 0.1) is 37.8 Å². The first-order valence-electron chi connectivity index (χ1n) is 10.7. The van der Waals surface area contributed by atoms with Crippen LogP contribution in [0.3, 0.4) is 0 Å². The molecule has 2 amide bonds. The van der Waals surface area contributed by atoms with E-state index in [-0.39, 0.29) is 23.1 Å². The number of imidazole rings is 1. The van der Waals surface area contributed by atoms with Crippen molar-refractivity contribution >= 4 is 30.2 Å². The lowest BCUT2D eigenvalue weighted by Gasteiger charge is -2.32. The fraction of sp³-hybridized carbons (Fsp3) is 0.318. The molecule has 0 aliphatic carbocycles. The average molecular weight is 470 g/mol. The summed E-state index contributed by atoms with van der Waals surface area (Å²) in [5.41, 5.74) is 1.90.